The number of Topliss-reactive ketones (excluding diaryl/α,β-unsaturated/α-hetero) is 1. The van der Waals surface area contributed by atoms with Crippen molar-refractivity contribution in [3.05, 3.63) is 58.1 Å². The standard InChI is InChI=1S/C18H16ClNO4/c1-24-15-9-13(19)12-7-11(8-14(21)16(12)17(15)22)20-18(23)10-5-3-2-4-6-10/h2-6,9,11,22H,7-8H2,1H3,(H,20,23)/t11-/m1/s1. The van der Waals surface area contributed by atoms with Crippen molar-refractivity contribution in [1.29, 1.82) is 0 Å². The van der Waals surface area contributed by atoms with E-state index in [0.29, 0.717) is 22.6 Å². The molecule has 1 aliphatic rings. The number of methoxy groups -OCH3 is 1. The molecule has 0 saturated carbocycles. The number of benzene rings is 2. The van der Waals surface area contributed by atoms with Gasteiger partial charge in [-0.2, -0.15) is 0 Å². The highest BCUT2D eigenvalue weighted by atomic mass is 35.5. The fraction of sp³-hybridized carbons (Fsp3) is 0.222. The van der Waals surface area contributed by atoms with Gasteiger partial charge in [0.2, 0.25) is 0 Å². The zero-order valence-electron chi connectivity index (χ0n) is 13.0. The van der Waals surface area contributed by atoms with E-state index in [1.165, 1.54) is 13.2 Å². The van der Waals surface area contributed by atoms with Crippen LogP contribution in [0.3, 0.4) is 0 Å². The summed E-state index contributed by atoms with van der Waals surface area (Å²) in [6.07, 6.45) is 0.471. The van der Waals surface area contributed by atoms with E-state index < -0.39 is 0 Å². The molecule has 0 fully saturated rings. The molecule has 2 N–H and O–H groups in total. The maximum atomic E-state index is 12.4. The Morgan fingerprint density at radius 1 is 1.29 bits per heavy atom. The highest BCUT2D eigenvalue weighted by Crippen LogP contribution is 2.40. The molecule has 24 heavy (non-hydrogen) atoms. The minimum atomic E-state index is -0.372. The van der Waals surface area contributed by atoms with Crippen LogP contribution in [0, 0.1) is 0 Å². The lowest BCUT2D eigenvalue weighted by Gasteiger charge is -2.26. The number of hydrogen-bond donors (Lipinski definition) is 2. The van der Waals surface area contributed by atoms with Crippen LogP contribution in [0.4, 0.5) is 0 Å². The lowest BCUT2D eigenvalue weighted by Crippen LogP contribution is -2.40. The van der Waals surface area contributed by atoms with E-state index in [1.807, 2.05) is 6.07 Å². The minimum absolute atomic E-state index is 0.0998. The number of fused-ring (bicyclic) bond motifs is 1. The molecule has 1 amide bonds. The van der Waals surface area contributed by atoms with Crippen LogP contribution in [0.25, 0.3) is 0 Å². The van der Waals surface area contributed by atoms with Crippen molar-refractivity contribution in [2.45, 2.75) is 18.9 Å². The van der Waals surface area contributed by atoms with Gasteiger partial charge in [-0.1, -0.05) is 29.8 Å². The van der Waals surface area contributed by atoms with Gasteiger partial charge >= 0.3 is 0 Å². The molecule has 0 aromatic heterocycles. The van der Waals surface area contributed by atoms with Crippen LogP contribution in [0.15, 0.2) is 36.4 Å². The van der Waals surface area contributed by atoms with Crippen molar-refractivity contribution in [3.63, 3.8) is 0 Å². The normalized spacial score (nSPS) is 16.4. The van der Waals surface area contributed by atoms with Gasteiger partial charge in [0.1, 0.15) is 0 Å². The molecule has 1 atom stereocenters. The van der Waals surface area contributed by atoms with Crippen molar-refractivity contribution < 1.29 is 19.4 Å². The molecule has 5 nitrogen and oxygen atoms in total. The van der Waals surface area contributed by atoms with E-state index in [1.54, 1.807) is 24.3 Å². The summed E-state index contributed by atoms with van der Waals surface area (Å²) < 4.78 is 5.03. The Morgan fingerprint density at radius 2 is 2.00 bits per heavy atom. The van der Waals surface area contributed by atoms with Gasteiger partial charge in [0, 0.05) is 29.1 Å². The van der Waals surface area contributed by atoms with Gasteiger partial charge in [-0.3, -0.25) is 9.59 Å². The van der Waals surface area contributed by atoms with Crippen molar-refractivity contribution in [2.75, 3.05) is 7.11 Å². The first-order chi connectivity index (χ1) is 11.5. The summed E-state index contributed by atoms with van der Waals surface area (Å²) in [5.74, 6) is -0.549. The summed E-state index contributed by atoms with van der Waals surface area (Å²) >= 11 is 6.23. The van der Waals surface area contributed by atoms with Gasteiger partial charge in [-0.15, -0.1) is 0 Å². The van der Waals surface area contributed by atoms with Crippen LogP contribution in [0.1, 0.15) is 32.7 Å². The third kappa shape index (κ3) is 2.95. The summed E-state index contributed by atoms with van der Waals surface area (Å²) in [5.41, 5.74) is 1.24. The van der Waals surface area contributed by atoms with Crippen molar-refractivity contribution in [2.24, 2.45) is 0 Å². The average Bonchev–Trinajstić information content (AvgIpc) is 2.58. The predicted molar refractivity (Wildman–Crippen MR) is 90.0 cm³/mol. The number of carbonyl (C=O) groups is 2. The lowest BCUT2D eigenvalue weighted by molar-refractivity contribution is 0.0903. The summed E-state index contributed by atoms with van der Waals surface area (Å²) in [7, 11) is 1.40. The first-order valence-corrected chi connectivity index (χ1v) is 7.86. The molecule has 1 aliphatic carbocycles. The first-order valence-electron chi connectivity index (χ1n) is 7.48. The molecule has 6 heteroatoms. The fourth-order valence-electron chi connectivity index (χ4n) is 2.92. The maximum absolute atomic E-state index is 12.4. The Bertz CT molecular complexity index is 804. The van der Waals surface area contributed by atoms with Crippen LogP contribution in [-0.4, -0.2) is 29.9 Å². The molecule has 3 rings (SSSR count). The molecule has 0 heterocycles. The summed E-state index contributed by atoms with van der Waals surface area (Å²) in [6, 6.07) is 9.89. The molecule has 2 aromatic rings. The van der Waals surface area contributed by atoms with Crippen molar-refractivity contribution in [1.82, 2.24) is 5.32 Å². The number of amides is 1. The zero-order valence-corrected chi connectivity index (χ0v) is 13.8. The van der Waals surface area contributed by atoms with E-state index in [0.717, 1.165) is 0 Å². The van der Waals surface area contributed by atoms with Crippen LogP contribution >= 0.6 is 11.6 Å². The molecule has 0 spiro atoms. The molecule has 0 bridgehead atoms. The van der Waals surface area contributed by atoms with E-state index in [2.05, 4.69) is 5.32 Å². The van der Waals surface area contributed by atoms with Gasteiger partial charge in [0.05, 0.1) is 12.7 Å². The van der Waals surface area contributed by atoms with Crippen LogP contribution < -0.4 is 10.1 Å². The second kappa shape index (κ2) is 6.53. The van der Waals surface area contributed by atoms with Gasteiger partial charge < -0.3 is 15.2 Å². The fourth-order valence-corrected chi connectivity index (χ4v) is 3.19. The van der Waals surface area contributed by atoms with Crippen LogP contribution in [0.5, 0.6) is 11.5 Å². The quantitative estimate of drug-likeness (QED) is 0.896. The van der Waals surface area contributed by atoms with E-state index in [4.69, 9.17) is 16.3 Å². The molecule has 2 aromatic carbocycles. The second-order valence-electron chi connectivity index (χ2n) is 5.63. The summed E-state index contributed by atoms with van der Waals surface area (Å²) in [4.78, 5) is 24.7. The number of aromatic hydroxyl groups is 1. The molecular formula is C18H16ClNO4. The Balaban J connectivity index is 1.86. The monoisotopic (exact) mass is 345 g/mol. The van der Waals surface area contributed by atoms with Crippen LogP contribution in [0.2, 0.25) is 5.02 Å². The van der Waals surface area contributed by atoms with Gasteiger partial charge in [-0.05, 0) is 24.1 Å². The Labute approximate surface area is 144 Å². The maximum Gasteiger partial charge on any atom is 0.251 e. The van der Waals surface area contributed by atoms with E-state index in [-0.39, 0.29) is 41.2 Å². The predicted octanol–water partition coefficient (Wildman–Crippen LogP) is 2.98. The molecule has 0 saturated heterocycles. The second-order valence-corrected chi connectivity index (χ2v) is 6.04. The summed E-state index contributed by atoms with van der Waals surface area (Å²) in [6.45, 7) is 0. The third-order valence-electron chi connectivity index (χ3n) is 4.07. The first kappa shape index (κ1) is 16.3. The number of nitrogens with one attached hydrogen (secondary N) is 1. The van der Waals surface area contributed by atoms with E-state index >= 15 is 0 Å². The molecule has 0 aliphatic heterocycles. The highest BCUT2D eigenvalue weighted by Gasteiger charge is 2.32. The van der Waals surface area contributed by atoms with Gasteiger partial charge in [-0.25, -0.2) is 0 Å². The van der Waals surface area contributed by atoms with Gasteiger partial charge in [0.25, 0.3) is 5.91 Å². The number of phenolic OH excluding ortho intramolecular Hbond substituents is 1. The molecular weight excluding hydrogens is 330 g/mol. The molecule has 0 unspecified atom stereocenters. The third-order valence-corrected chi connectivity index (χ3v) is 4.41. The number of ketones is 1. The average molecular weight is 346 g/mol. The Hall–Kier alpha value is -2.53. The SMILES string of the molecule is COc1cc(Cl)c2c(c1O)C(=O)C[C@H](NC(=O)c1ccccc1)C2. The number of ether oxygens (including phenoxy) is 1. The Morgan fingerprint density at radius 3 is 2.67 bits per heavy atom. The number of hydrogen-bond acceptors (Lipinski definition) is 4. The van der Waals surface area contributed by atoms with E-state index in [9.17, 15) is 14.7 Å². The largest absolute Gasteiger partial charge is 0.504 e. The highest BCUT2D eigenvalue weighted by molar-refractivity contribution is 6.32. The Kier molecular flexibility index (Phi) is 4.44. The number of rotatable bonds is 3. The number of halogens is 1. The smallest absolute Gasteiger partial charge is 0.251 e. The van der Waals surface area contributed by atoms with Crippen molar-refractivity contribution in [3.8, 4) is 11.5 Å². The zero-order chi connectivity index (χ0) is 17.3. The summed E-state index contributed by atoms with van der Waals surface area (Å²) in [5, 5.41) is 13.4. The van der Waals surface area contributed by atoms with Gasteiger partial charge in [0.15, 0.2) is 17.3 Å². The molecule has 0 radical (unpaired) electrons. The van der Waals surface area contributed by atoms with Crippen molar-refractivity contribution >= 4 is 23.3 Å². The topological polar surface area (TPSA) is 75.6 Å². The number of carbonyl (C=O) groups excluding carboxylic acids is 2. The molecule has 124 valence electrons. The number of phenols is 1. The van der Waals surface area contributed by atoms with Crippen LogP contribution in [-0.2, 0) is 6.42 Å². The minimum Gasteiger partial charge on any atom is -0.504 e. The lowest BCUT2D eigenvalue weighted by atomic mass is 9.86.